The Balaban J connectivity index is 2.27. The van der Waals surface area contributed by atoms with Gasteiger partial charge < -0.3 is 14.8 Å². The van der Waals surface area contributed by atoms with Crippen molar-refractivity contribution in [2.24, 2.45) is 0 Å². The van der Waals surface area contributed by atoms with E-state index >= 15 is 0 Å². The number of hydrogen-bond donors (Lipinski definition) is 1. The van der Waals surface area contributed by atoms with Gasteiger partial charge in [-0.3, -0.25) is 0 Å². The zero-order chi connectivity index (χ0) is 12.7. The summed E-state index contributed by atoms with van der Waals surface area (Å²) in [7, 11) is 0. The topological polar surface area (TPSA) is 30.5 Å². The Bertz CT molecular complexity index is 314. The van der Waals surface area contributed by atoms with Crippen molar-refractivity contribution in [1.82, 2.24) is 5.32 Å². The summed E-state index contributed by atoms with van der Waals surface area (Å²) >= 11 is 0. The molecule has 0 saturated heterocycles. The van der Waals surface area contributed by atoms with Crippen molar-refractivity contribution in [3.05, 3.63) is 24.3 Å². The molecule has 1 aromatic rings. The lowest BCUT2D eigenvalue weighted by atomic mass is 10.1. The number of hydrogen-bond acceptors (Lipinski definition) is 3. The van der Waals surface area contributed by atoms with E-state index in [2.05, 4.69) is 26.1 Å². The molecular weight excluding hydrogens is 214 g/mol. The van der Waals surface area contributed by atoms with E-state index < -0.39 is 0 Å². The van der Waals surface area contributed by atoms with E-state index in [0.29, 0.717) is 13.2 Å². The van der Waals surface area contributed by atoms with E-state index in [0.717, 1.165) is 18.0 Å². The van der Waals surface area contributed by atoms with Gasteiger partial charge in [0.2, 0.25) is 0 Å². The zero-order valence-electron chi connectivity index (χ0n) is 11.2. The number of ether oxygens (including phenoxy) is 2. The fourth-order valence-corrected chi connectivity index (χ4v) is 1.39. The molecule has 0 aliphatic carbocycles. The molecule has 3 nitrogen and oxygen atoms in total. The van der Waals surface area contributed by atoms with Gasteiger partial charge >= 0.3 is 0 Å². The Morgan fingerprint density at radius 2 is 1.53 bits per heavy atom. The molecule has 96 valence electrons. The molecule has 0 unspecified atom stereocenters. The van der Waals surface area contributed by atoms with Gasteiger partial charge in [0.05, 0.1) is 6.61 Å². The van der Waals surface area contributed by atoms with Gasteiger partial charge in [-0.25, -0.2) is 0 Å². The van der Waals surface area contributed by atoms with E-state index in [1.165, 1.54) is 0 Å². The van der Waals surface area contributed by atoms with Crippen molar-refractivity contribution in [2.45, 2.75) is 33.2 Å². The van der Waals surface area contributed by atoms with Crippen molar-refractivity contribution in [3.63, 3.8) is 0 Å². The predicted molar refractivity (Wildman–Crippen MR) is 70.9 cm³/mol. The first-order valence-corrected chi connectivity index (χ1v) is 6.12. The second-order valence-electron chi connectivity index (χ2n) is 4.93. The summed E-state index contributed by atoms with van der Waals surface area (Å²) in [6.07, 6.45) is 0. The van der Waals surface area contributed by atoms with Crippen LogP contribution in [0.2, 0.25) is 0 Å². The van der Waals surface area contributed by atoms with Gasteiger partial charge in [0.15, 0.2) is 0 Å². The lowest BCUT2D eigenvalue weighted by Gasteiger charge is -2.20. The average Bonchev–Trinajstić information content (AvgIpc) is 2.26. The second kappa shape index (κ2) is 6.50. The lowest BCUT2D eigenvalue weighted by molar-refractivity contribution is 0.290. The van der Waals surface area contributed by atoms with Gasteiger partial charge in [-0.2, -0.15) is 0 Å². The Kier molecular flexibility index (Phi) is 5.29. The maximum Gasteiger partial charge on any atom is 0.119 e. The van der Waals surface area contributed by atoms with Crippen LogP contribution in [0.1, 0.15) is 27.7 Å². The van der Waals surface area contributed by atoms with E-state index in [4.69, 9.17) is 9.47 Å². The van der Waals surface area contributed by atoms with Crippen LogP contribution < -0.4 is 14.8 Å². The van der Waals surface area contributed by atoms with Crippen LogP contribution in [0.5, 0.6) is 11.5 Å². The fourth-order valence-electron chi connectivity index (χ4n) is 1.39. The first-order valence-electron chi connectivity index (χ1n) is 6.12. The summed E-state index contributed by atoms with van der Waals surface area (Å²) in [6.45, 7) is 10.6. The molecule has 0 aliphatic rings. The van der Waals surface area contributed by atoms with Crippen LogP contribution in [0.3, 0.4) is 0 Å². The van der Waals surface area contributed by atoms with Crippen LogP contribution in [0.25, 0.3) is 0 Å². The third-order valence-electron chi connectivity index (χ3n) is 2.16. The molecule has 17 heavy (non-hydrogen) atoms. The van der Waals surface area contributed by atoms with Crippen molar-refractivity contribution < 1.29 is 9.47 Å². The molecule has 1 rings (SSSR count). The highest BCUT2D eigenvalue weighted by Gasteiger charge is 2.07. The van der Waals surface area contributed by atoms with Crippen molar-refractivity contribution in [2.75, 3.05) is 19.8 Å². The van der Waals surface area contributed by atoms with Crippen LogP contribution in [0.4, 0.5) is 0 Å². The highest BCUT2D eigenvalue weighted by atomic mass is 16.5. The van der Waals surface area contributed by atoms with E-state index in [9.17, 15) is 0 Å². The van der Waals surface area contributed by atoms with Crippen LogP contribution in [0, 0.1) is 0 Å². The minimum absolute atomic E-state index is 0.141. The third kappa shape index (κ3) is 6.17. The summed E-state index contributed by atoms with van der Waals surface area (Å²) in [5.41, 5.74) is 0.141. The highest BCUT2D eigenvalue weighted by Crippen LogP contribution is 2.17. The minimum atomic E-state index is 0.141. The lowest BCUT2D eigenvalue weighted by Crippen LogP contribution is -2.38. The molecule has 0 aromatic heterocycles. The molecule has 1 N–H and O–H groups in total. The van der Waals surface area contributed by atoms with Gasteiger partial charge in [0.25, 0.3) is 0 Å². The molecule has 0 saturated carbocycles. The van der Waals surface area contributed by atoms with Crippen LogP contribution in [0.15, 0.2) is 24.3 Å². The van der Waals surface area contributed by atoms with Gasteiger partial charge in [-0.15, -0.1) is 0 Å². The smallest absolute Gasteiger partial charge is 0.119 e. The van der Waals surface area contributed by atoms with Crippen LogP contribution >= 0.6 is 0 Å². The molecule has 0 amide bonds. The maximum absolute atomic E-state index is 5.62. The van der Waals surface area contributed by atoms with Crippen LogP contribution in [-0.2, 0) is 0 Å². The number of benzene rings is 1. The highest BCUT2D eigenvalue weighted by molar-refractivity contribution is 5.31. The summed E-state index contributed by atoms with van der Waals surface area (Å²) in [5, 5.41) is 3.37. The number of nitrogens with one attached hydrogen (secondary N) is 1. The van der Waals surface area contributed by atoms with Crippen molar-refractivity contribution in [3.8, 4) is 11.5 Å². The second-order valence-corrected chi connectivity index (χ2v) is 4.93. The van der Waals surface area contributed by atoms with Gasteiger partial charge in [-0.1, -0.05) is 0 Å². The van der Waals surface area contributed by atoms with E-state index in [1.54, 1.807) is 0 Å². The minimum Gasteiger partial charge on any atom is -0.494 e. The molecule has 0 aliphatic heterocycles. The molecule has 0 atom stereocenters. The molecular formula is C14H23NO2. The van der Waals surface area contributed by atoms with Gasteiger partial charge in [0.1, 0.15) is 18.1 Å². The molecule has 0 fully saturated rings. The summed E-state index contributed by atoms with van der Waals surface area (Å²) < 4.78 is 11.0. The number of rotatable bonds is 6. The average molecular weight is 237 g/mol. The first kappa shape index (κ1) is 13.8. The summed E-state index contributed by atoms with van der Waals surface area (Å²) in [6, 6.07) is 7.72. The first-order chi connectivity index (χ1) is 8.01. The molecule has 1 aromatic carbocycles. The van der Waals surface area contributed by atoms with E-state index in [-0.39, 0.29) is 5.54 Å². The quantitative estimate of drug-likeness (QED) is 0.772. The third-order valence-corrected chi connectivity index (χ3v) is 2.16. The largest absolute Gasteiger partial charge is 0.494 e. The molecule has 0 heterocycles. The van der Waals surface area contributed by atoms with Gasteiger partial charge in [-0.05, 0) is 52.0 Å². The van der Waals surface area contributed by atoms with Crippen molar-refractivity contribution >= 4 is 0 Å². The molecule has 0 spiro atoms. The summed E-state index contributed by atoms with van der Waals surface area (Å²) in [4.78, 5) is 0. The van der Waals surface area contributed by atoms with Crippen molar-refractivity contribution in [1.29, 1.82) is 0 Å². The Hall–Kier alpha value is -1.22. The fraction of sp³-hybridized carbons (Fsp3) is 0.571. The Labute approximate surface area is 104 Å². The molecule has 0 radical (unpaired) electrons. The SMILES string of the molecule is CCOc1ccc(OCCNC(C)(C)C)cc1. The van der Waals surface area contributed by atoms with Gasteiger partial charge in [0, 0.05) is 12.1 Å². The zero-order valence-corrected chi connectivity index (χ0v) is 11.2. The maximum atomic E-state index is 5.62. The molecule has 3 heteroatoms. The van der Waals surface area contributed by atoms with Crippen LogP contribution in [-0.4, -0.2) is 25.3 Å². The Morgan fingerprint density at radius 1 is 1.00 bits per heavy atom. The predicted octanol–water partition coefficient (Wildman–Crippen LogP) is 2.85. The molecule has 0 bridgehead atoms. The monoisotopic (exact) mass is 237 g/mol. The Morgan fingerprint density at radius 3 is 2.00 bits per heavy atom. The normalized spacial score (nSPS) is 11.3. The summed E-state index contributed by atoms with van der Waals surface area (Å²) in [5.74, 6) is 1.76. The standard InChI is InChI=1S/C14H23NO2/c1-5-16-12-6-8-13(9-7-12)17-11-10-15-14(2,3)4/h6-9,15H,5,10-11H2,1-4H3. The van der Waals surface area contributed by atoms with E-state index in [1.807, 2.05) is 31.2 Å².